The van der Waals surface area contributed by atoms with Crippen LogP contribution in [-0.2, 0) is 0 Å². The Kier molecular flexibility index (Phi) is 3.23. The molecule has 0 heterocycles. The van der Waals surface area contributed by atoms with Gasteiger partial charge in [-0.05, 0) is 18.2 Å². The zero-order valence-electron chi connectivity index (χ0n) is 9.28. The summed E-state index contributed by atoms with van der Waals surface area (Å²) in [5.41, 5.74) is 5.82. The highest BCUT2D eigenvalue weighted by atomic mass is 19.2. The van der Waals surface area contributed by atoms with Crippen molar-refractivity contribution in [2.45, 2.75) is 0 Å². The molecule has 0 atom stereocenters. The van der Waals surface area contributed by atoms with Crippen molar-refractivity contribution in [1.29, 1.82) is 0 Å². The Balaban J connectivity index is 2.27. The van der Waals surface area contributed by atoms with E-state index in [1.165, 1.54) is 0 Å². The number of halogens is 2. The fourth-order valence-electron chi connectivity index (χ4n) is 1.48. The SMILES string of the molecule is Nc1cc(F)c(F)cc1C(=O)Nc1ccccc1. The van der Waals surface area contributed by atoms with Crippen LogP contribution in [0.5, 0.6) is 0 Å². The molecule has 3 nitrogen and oxygen atoms in total. The second-order valence-electron chi connectivity index (χ2n) is 3.67. The van der Waals surface area contributed by atoms with Crippen LogP contribution < -0.4 is 11.1 Å². The van der Waals surface area contributed by atoms with Gasteiger partial charge in [0.1, 0.15) is 0 Å². The van der Waals surface area contributed by atoms with Crippen LogP contribution in [0.15, 0.2) is 42.5 Å². The summed E-state index contributed by atoms with van der Waals surface area (Å²) in [6.07, 6.45) is 0. The summed E-state index contributed by atoms with van der Waals surface area (Å²) in [6.45, 7) is 0. The van der Waals surface area contributed by atoms with Crippen molar-refractivity contribution in [3.8, 4) is 0 Å². The minimum absolute atomic E-state index is 0.0993. The van der Waals surface area contributed by atoms with Crippen molar-refractivity contribution in [3.63, 3.8) is 0 Å². The molecule has 2 rings (SSSR count). The highest BCUT2D eigenvalue weighted by Gasteiger charge is 2.14. The molecular formula is C13H10F2N2O. The fourth-order valence-corrected chi connectivity index (χ4v) is 1.48. The van der Waals surface area contributed by atoms with Gasteiger partial charge in [-0.25, -0.2) is 8.78 Å². The summed E-state index contributed by atoms with van der Waals surface area (Å²) in [7, 11) is 0. The molecule has 2 aromatic rings. The average Bonchev–Trinajstić information content (AvgIpc) is 2.35. The second-order valence-corrected chi connectivity index (χ2v) is 3.67. The van der Waals surface area contributed by atoms with E-state index in [0.29, 0.717) is 5.69 Å². The number of hydrogen-bond acceptors (Lipinski definition) is 2. The number of nitrogen functional groups attached to an aromatic ring is 1. The maximum Gasteiger partial charge on any atom is 0.257 e. The first-order valence-corrected chi connectivity index (χ1v) is 5.19. The molecule has 0 fully saturated rings. The molecule has 0 saturated heterocycles. The third-order valence-corrected chi connectivity index (χ3v) is 2.37. The minimum Gasteiger partial charge on any atom is -0.398 e. The summed E-state index contributed by atoms with van der Waals surface area (Å²) in [6, 6.07) is 10.2. The number of anilines is 2. The number of nitrogens with two attached hydrogens (primary N) is 1. The van der Waals surface area contributed by atoms with Gasteiger partial charge in [0.2, 0.25) is 0 Å². The van der Waals surface area contributed by atoms with Gasteiger partial charge < -0.3 is 11.1 Å². The summed E-state index contributed by atoms with van der Waals surface area (Å²) in [4.78, 5) is 11.8. The lowest BCUT2D eigenvalue weighted by molar-refractivity contribution is 0.102. The van der Waals surface area contributed by atoms with Gasteiger partial charge >= 0.3 is 0 Å². The number of para-hydroxylation sites is 1. The van der Waals surface area contributed by atoms with Crippen molar-refractivity contribution in [3.05, 3.63) is 59.7 Å². The second kappa shape index (κ2) is 4.83. The lowest BCUT2D eigenvalue weighted by Gasteiger charge is -2.07. The number of benzene rings is 2. The predicted molar refractivity (Wildman–Crippen MR) is 65.2 cm³/mol. The lowest BCUT2D eigenvalue weighted by atomic mass is 10.1. The Morgan fingerprint density at radius 3 is 2.33 bits per heavy atom. The molecule has 0 saturated carbocycles. The van der Waals surface area contributed by atoms with Gasteiger partial charge in [-0.3, -0.25) is 4.79 Å². The van der Waals surface area contributed by atoms with E-state index >= 15 is 0 Å². The van der Waals surface area contributed by atoms with E-state index in [1.54, 1.807) is 30.3 Å². The zero-order valence-corrected chi connectivity index (χ0v) is 9.28. The van der Waals surface area contributed by atoms with Gasteiger partial charge in [0.05, 0.1) is 5.56 Å². The standard InChI is InChI=1S/C13H10F2N2O/c14-10-6-9(12(16)7-11(10)15)13(18)17-8-4-2-1-3-5-8/h1-7H,16H2,(H,17,18). The first-order chi connectivity index (χ1) is 8.58. The molecule has 5 heteroatoms. The molecule has 0 bridgehead atoms. The summed E-state index contributed by atoms with van der Waals surface area (Å²) < 4.78 is 25.9. The third kappa shape index (κ3) is 2.45. The molecule has 0 spiro atoms. The molecule has 0 aromatic heterocycles. The maximum atomic E-state index is 13.0. The molecule has 1 amide bonds. The first kappa shape index (κ1) is 12.0. The Bertz CT molecular complexity index is 585. The van der Waals surface area contributed by atoms with Crippen LogP contribution in [0.25, 0.3) is 0 Å². The third-order valence-electron chi connectivity index (χ3n) is 2.37. The van der Waals surface area contributed by atoms with Crippen molar-refractivity contribution in [2.24, 2.45) is 0 Å². The number of nitrogens with one attached hydrogen (secondary N) is 1. The summed E-state index contributed by atoms with van der Waals surface area (Å²) in [5.74, 6) is -2.77. The molecule has 18 heavy (non-hydrogen) atoms. The van der Waals surface area contributed by atoms with E-state index < -0.39 is 17.5 Å². The van der Waals surface area contributed by atoms with E-state index in [4.69, 9.17) is 5.73 Å². The number of amides is 1. The van der Waals surface area contributed by atoms with E-state index in [9.17, 15) is 13.6 Å². The molecule has 92 valence electrons. The van der Waals surface area contributed by atoms with Crippen molar-refractivity contribution in [1.82, 2.24) is 0 Å². The Labute approximate surface area is 102 Å². The quantitative estimate of drug-likeness (QED) is 0.803. The molecule has 0 unspecified atom stereocenters. The number of carbonyl (C=O) groups excluding carboxylic acids is 1. The van der Waals surface area contributed by atoms with Gasteiger partial charge in [0.25, 0.3) is 5.91 Å². The van der Waals surface area contributed by atoms with Gasteiger partial charge in [-0.2, -0.15) is 0 Å². The van der Waals surface area contributed by atoms with Crippen LogP contribution in [-0.4, -0.2) is 5.91 Å². The smallest absolute Gasteiger partial charge is 0.257 e. The number of carbonyl (C=O) groups is 1. The highest BCUT2D eigenvalue weighted by Crippen LogP contribution is 2.18. The van der Waals surface area contributed by atoms with E-state index in [0.717, 1.165) is 12.1 Å². The van der Waals surface area contributed by atoms with Gasteiger partial charge in [0, 0.05) is 17.4 Å². The van der Waals surface area contributed by atoms with Crippen LogP contribution in [0, 0.1) is 11.6 Å². The van der Waals surface area contributed by atoms with Gasteiger partial charge in [-0.15, -0.1) is 0 Å². The number of rotatable bonds is 2. The van der Waals surface area contributed by atoms with Crippen LogP contribution >= 0.6 is 0 Å². The Hall–Kier alpha value is -2.43. The zero-order chi connectivity index (χ0) is 13.1. The minimum atomic E-state index is -1.11. The van der Waals surface area contributed by atoms with Crippen LogP contribution in [0.2, 0.25) is 0 Å². The molecule has 3 N–H and O–H groups in total. The van der Waals surface area contributed by atoms with E-state index in [1.807, 2.05) is 0 Å². The van der Waals surface area contributed by atoms with Crippen molar-refractivity contribution >= 4 is 17.3 Å². The van der Waals surface area contributed by atoms with E-state index in [2.05, 4.69) is 5.32 Å². The first-order valence-electron chi connectivity index (χ1n) is 5.19. The Morgan fingerprint density at radius 1 is 1.06 bits per heavy atom. The highest BCUT2D eigenvalue weighted by molar-refractivity contribution is 6.07. The average molecular weight is 248 g/mol. The largest absolute Gasteiger partial charge is 0.398 e. The van der Waals surface area contributed by atoms with Gasteiger partial charge in [-0.1, -0.05) is 18.2 Å². The topological polar surface area (TPSA) is 55.1 Å². The molecule has 0 aliphatic rings. The van der Waals surface area contributed by atoms with Crippen LogP contribution in [0.1, 0.15) is 10.4 Å². The normalized spacial score (nSPS) is 10.1. The van der Waals surface area contributed by atoms with Crippen LogP contribution in [0.4, 0.5) is 20.2 Å². The fraction of sp³-hybridized carbons (Fsp3) is 0. The Morgan fingerprint density at radius 2 is 1.67 bits per heavy atom. The maximum absolute atomic E-state index is 13.0. The molecular weight excluding hydrogens is 238 g/mol. The lowest BCUT2D eigenvalue weighted by Crippen LogP contribution is -2.14. The summed E-state index contributed by atoms with van der Waals surface area (Å²) >= 11 is 0. The van der Waals surface area contributed by atoms with E-state index in [-0.39, 0.29) is 11.3 Å². The molecule has 0 aliphatic heterocycles. The number of hydrogen-bond donors (Lipinski definition) is 2. The van der Waals surface area contributed by atoms with Crippen molar-refractivity contribution in [2.75, 3.05) is 11.1 Å². The predicted octanol–water partition coefficient (Wildman–Crippen LogP) is 2.80. The summed E-state index contributed by atoms with van der Waals surface area (Å²) in [5, 5.41) is 2.54. The monoisotopic (exact) mass is 248 g/mol. The van der Waals surface area contributed by atoms with Gasteiger partial charge in [0.15, 0.2) is 11.6 Å². The molecule has 0 radical (unpaired) electrons. The van der Waals surface area contributed by atoms with Crippen LogP contribution in [0.3, 0.4) is 0 Å². The van der Waals surface area contributed by atoms with Crippen molar-refractivity contribution < 1.29 is 13.6 Å². The molecule has 2 aromatic carbocycles. The molecule has 0 aliphatic carbocycles.